The van der Waals surface area contributed by atoms with Gasteiger partial charge in [0.2, 0.25) is 0 Å². The van der Waals surface area contributed by atoms with Crippen molar-refractivity contribution in [3.8, 4) is 5.75 Å². The van der Waals surface area contributed by atoms with E-state index in [4.69, 9.17) is 32.7 Å². The van der Waals surface area contributed by atoms with Crippen molar-refractivity contribution in [3.63, 3.8) is 0 Å². The second-order valence-corrected chi connectivity index (χ2v) is 6.33. The number of ether oxygens (including phenoxy) is 2. The molecule has 1 unspecified atom stereocenters. The highest BCUT2D eigenvalue weighted by Gasteiger charge is 2.22. The van der Waals surface area contributed by atoms with E-state index in [-0.39, 0.29) is 28.1 Å². The molecule has 2 rings (SSSR count). The quantitative estimate of drug-likeness (QED) is 0.530. The number of esters is 1. The highest BCUT2D eigenvalue weighted by atomic mass is 35.5. The van der Waals surface area contributed by atoms with E-state index in [0.717, 1.165) is 0 Å². The molecule has 0 aliphatic heterocycles. The Labute approximate surface area is 160 Å². The van der Waals surface area contributed by atoms with E-state index < -0.39 is 17.9 Å². The van der Waals surface area contributed by atoms with Crippen LogP contribution in [0.2, 0.25) is 10.0 Å². The first kappa shape index (κ1) is 20.2. The molecule has 0 aliphatic rings. The fourth-order valence-corrected chi connectivity index (χ4v) is 2.91. The Morgan fingerprint density at radius 2 is 2.00 bits per heavy atom. The standard InChI is InChI=1S/C17H18Cl2FN3O3/c1-5-25-17(24)12-8-13(16(22-21-12)23(3)4)26-9(2)14-10(18)6-7-11(20)15(14)19/h6-9H,5H2,1-4H3. The molecule has 1 atom stereocenters. The predicted molar refractivity (Wildman–Crippen MR) is 97.8 cm³/mol. The van der Waals surface area contributed by atoms with Crippen molar-refractivity contribution in [2.24, 2.45) is 0 Å². The van der Waals surface area contributed by atoms with E-state index in [1.165, 1.54) is 18.2 Å². The summed E-state index contributed by atoms with van der Waals surface area (Å²) in [7, 11) is 3.49. The van der Waals surface area contributed by atoms with Crippen LogP contribution >= 0.6 is 23.2 Å². The molecule has 0 spiro atoms. The van der Waals surface area contributed by atoms with Crippen molar-refractivity contribution in [1.82, 2.24) is 10.2 Å². The van der Waals surface area contributed by atoms with Crippen LogP contribution in [0.25, 0.3) is 0 Å². The van der Waals surface area contributed by atoms with Gasteiger partial charge in [0, 0.05) is 30.7 Å². The van der Waals surface area contributed by atoms with Crippen LogP contribution in [0.15, 0.2) is 18.2 Å². The smallest absolute Gasteiger partial charge is 0.358 e. The first-order chi connectivity index (χ1) is 12.3. The molecule has 140 valence electrons. The molecule has 0 saturated heterocycles. The van der Waals surface area contributed by atoms with Crippen LogP contribution < -0.4 is 9.64 Å². The summed E-state index contributed by atoms with van der Waals surface area (Å²) in [6.07, 6.45) is -0.705. The molecule has 1 heterocycles. The summed E-state index contributed by atoms with van der Waals surface area (Å²) < 4.78 is 24.6. The summed E-state index contributed by atoms with van der Waals surface area (Å²) in [6, 6.07) is 4.00. The number of nitrogens with zero attached hydrogens (tertiary/aromatic N) is 3. The van der Waals surface area contributed by atoms with Gasteiger partial charge in [-0.05, 0) is 26.0 Å². The van der Waals surface area contributed by atoms with E-state index in [9.17, 15) is 9.18 Å². The van der Waals surface area contributed by atoms with Gasteiger partial charge in [-0.1, -0.05) is 23.2 Å². The number of rotatable bonds is 6. The number of carbonyl (C=O) groups excluding carboxylic acids is 1. The third-order valence-corrected chi connectivity index (χ3v) is 4.15. The number of halogens is 3. The third-order valence-electron chi connectivity index (χ3n) is 3.44. The highest BCUT2D eigenvalue weighted by molar-refractivity contribution is 6.36. The Morgan fingerprint density at radius 3 is 2.62 bits per heavy atom. The molecule has 0 saturated carbocycles. The first-order valence-electron chi connectivity index (χ1n) is 7.78. The summed E-state index contributed by atoms with van der Waals surface area (Å²) in [4.78, 5) is 13.6. The van der Waals surface area contributed by atoms with Crippen molar-refractivity contribution < 1.29 is 18.7 Å². The number of hydrogen-bond acceptors (Lipinski definition) is 6. The predicted octanol–water partition coefficient (Wildman–Crippen LogP) is 4.31. The summed E-state index contributed by atoms with van der Waals surface area (Å²) in [6.45, 7) is 3.56. The SMILES string of the molecule is CCOC(=O)c1cc(OC(C)c2c(Cl)ccc(F)c2Cl)c(N(C)C)nn1. The van der Waals surface area contributed by atoms with Gasteiger partial charge in [-0.15, -0.1) is 10.2 Å². The number of aromatic nitrogens is 2. The van der Waals surface area contributed by atoms with Crippen LogP contribution in [0.4, 0.5) is 10.2 Å². The first-order valence-corrected chi connectivity index (χ1v) is 8.54. The van der Waals surface area contributed by atoms with Crippen LogP contribution in [0.5, 0.6) is 5.75 Å². The molecule has 0 radical (unpaired) electrons. The zero-order valence-electron chi connectivity index (χ0n) is 14.7. The minimum Gasteiger partial charge on any atom is -0.482 e. The van der Waals surface area contributed by atoms with Crippen LogP contribution in [-0.2, 0) is 4.74 Å². The van der Waals surface area contributed by atoms with Gasteiger partial charge in [0.05, 0.1) is 11.6 Å². The summed E-state index contributed by atoms with van der Waals surface area (Å²) in [5, 5.41) is 8.00. The van der Waals surface area contributed by atoms with Crippen molar-refractivity contribution >= 4 is 35.0 Å². The van der Waals surface area contributed by atoms with Crippen LogP contribution in [0.1, 0.15) is 36.0 Å². The number of benzene rings is 1. The molecule has 1 aromatic heterocycles. The topological polar surface area (TPSA) is 64.6 Å². The second kappa shape index (κ2) is 8.51. The zero-order valence-corrected chi connectivity index (χ0v) is 16.2. The van der Waals surface area contributed by atoms with Crippen LogP contribution in [0.3, 0.4) is 0 Å². The monoisotopic (exact) mass is 401 g/mol. The Balaban J connectivity index is 2.42. The molecule has 0 fully saturated rings. The summed E-state index contributed by atoms with van der Waals surface area (Å²) in [5.74, 6) is -0.579. The van der Waals surface area contributed by atoms with E-state index in [1.54, 1.807) is 32.8 Å². The fraction of sp³-hybridized carbons (Fsp3) is 0.353. The van der Waals surface area contributed by atoms with Gasteiger partial charge < -0.3 is 14.4 Å². The molecule has 2 aromatic rings. The molecular formula is C17H18Cl2FN3O3. The van der Waals surface area contributed by atoms with Gasteiger partial charge in [-0.3, -0.25) is 0 Å². The van der Waals surface area contributed by atoms with E-state index >= 15 is 0 Å². The molecular weight excluding hydrogens is 384 g/mol. The Hall–Kier alpha value is -2.12. The maximum absolute atomic E-state index is 13.8. The molecule has 0 N–H and O–H groups in total. The normalized spacial score (nSPS) is 11.8. The van der Waals surface area contributed by atoms with Gasteiger partial charge in [0.25, 0.3) is 0 Å². The van der Waals surface area contributed by atoms with Gasteiger partial charge in [-0.2, -0.15) is 0 Å². The Kier molecular flexibility index (Phi) is 6.61. The van der Waals surface area contributed by atoms with E-state index in [1.807, 2.05) is 0 Å². The Morgan fingerprint density at radius 1 is 1.31 bits per heavy atom. The lowest BCUT2D eigenvalue weighted by Gasteiger charge is -2.21. The highest BCUT2D eigenvalue weighted by Crippen LogP contribution is 2.36. The molecule has 1 aromatic carbocycles. The molecule has 6 nitrogen and oxygen atoms in total. The number of anilines is 1. The van der Waals surface area contributed by atoms with E-state index in [2.05, 4.69) is 10.2 Å². The van der Waals surface area contributed by atoms with Gasteiger partial charge in [0.1, 0.15) is 11.9 Å². The average Bonchev–Trinajstić information content (AvgIpc) is 2.58. The van der Waals surface area contributed by atoms with E-state index in [0.29, 0.717) is 11.4 Å². The summed E-state index contributed by atoms with van der Waals surface area (Å²) >= 11 is 12.2. The van der Waals surface area contributed by atoms with Crippen molar-refractivity contribution in [1.29, 1.82) is 0 Å². The largest absolute Gasteiger partial charge is 0.482 e. The lowest BCUT2D eigenvalue weighted by atomic mass is 10.1. The van der Waals surface area contributed by atoms with Crippen LogP contribution in [0, 0.1) is 5.82 Å². The third kappa shape index (κ3) is 4.34. The average molecular weight is 402 g/mol. The van der Waals surface area contributed by atoms with Crippen molar-refractivity contribution in [2.45, 2.75) is 20.0 Å². The maximum Gasteiger partial charge on any atom is 0.358 e. The molecule has 0 amide bonds. The maximum atomic E-state index is 13.8. The molecule has 26 heavy (non-hydrogen) atoms. The van der Waals surface area contributed by atoms with Crippen molar-refractivity contribution in [2.75, 3.05) is 25.6 Å². The Bertz CT molecular complexity index is 818. The zero-order chi connectivity index (χ0) is 19.4. The lowest BCUT2D eigenvalue weighted by Crippen LogP contribution is -2.17. The van der Waals surface area contributed by atoms with Gasteiger partial charge in [0.15, 0.2) is 17.3 Å². The number of hydrogen-bond donors (Lipinski definition) is 0. The molecule has 0 aliphatic carbocycles. The number of carbonyl (C=O) groups is 1. The minimum absolute atomic E-state index is 0.00362. The molecule has 9 heteroatoms. The summed E-state index contributed by atoms with van der Waals surface area (Å²) in [5.41, 5.74) is 0.295. The fourth-order valence-electron chi connectivity index (χ4n) is 2.23. The van der Waals surface area contributed by atoms with Gasteiger partial charge in [-0.25, -0.2) is 9.18 Å². The van der Waals surface area contributed by atoms with Crippen molar-refractivity contribution in [3.05, 3.63) is 45.3 Å². The van der Waals surface area contributed by atoms with Crippen LogP contribution in [-0.4, -0.2) is 36.9 Å². The second-order valence-electron chi connectivity index (χ2n) is 5.55. The molecule has 0 bridgehead atoms. The van der Waals surface area contributed by atoms with Gasteiger partial charge >= 0.3 is 5.97 Å². The minimum atomic E-state index is -0.705. The lowest BCUT2D eigenvalue weighted by molar-refractivity contribution is 0.0517.